The monoisotopic (exact) mass is 313 g/mol. The van der Waals surface area contributed by atoms with E-state index in [2.05, 4.69) is 15.3 Å². The van der Waals surface area contributed by atoms with Crippen LogP contribution in [0.3, 0.4) is 0 Å². The number of aryl methyl sites for hydroxylation is 1. The number of hydrogen-bond donors (Lipinski definition) is 2. The molecular formula is C14H23N3O3S. The largest absolute Gasteiger partial charge is 0.468 e. The number of nitrogens with one attached hydrogen (secondary N) is 2. The lowest BCUT2D eigenvalue weighted by molar-refractivity contribution is -0.146. The number of esters is 1. The minimum Gasteiger partial charge on any atom is -0.468 e. The summed E-state index contributed by atoms with van der Waals surface area (Å²) in [5.41, 5.74) is -0.209. The maximum absolute atomic E-state index is 11.9. The van der Waals surface area contributed by atoms with Crippen LogP contribution in [-0.2, 0) is 16.0 Å². The van der Waals surface area contributed by atoms with E-state index in [4.69, 9.17) is 4.74 Å². The van der Waals surface area contributed by atoms with Gasteiger partial charge in [0.25, 0.3) is 5.56 Å². The van der Waals surface area contributed by atoms with Crippen LogP contribution in [0.15, 0.2) is 16.0 Å². The number of carbonyl (C=O) groups is 1. The first-order valence-corrected chi connectivity index (χ1v) is 8.00. The van der Waals surface area contributed by atoms with Crippen LogP contribution in [0.1, 0.15) is 32.9 Å². The fourth-order valence-electron chi connectivity index (χ4n) is 1.95. The van der Waals surface area contributed by atoms with Gasteiger partial charge in [-0.1, -0.05) is 32.0 Å². The van der Waals surface area contributed by atoms with Crippen molar-refractivity contribution in [1.82, 2.24) is 15.3 Å². The normalized spacial score (nSPS) is 13.7. The zero-order valence-corrected chi connectivity index (χ0v) is 13.8. The van der Waals surface area contributed by atoms with Gasteiger partial charge in [-0.2, -0.15) is 0 Å². The van der Waals surface area contributed by atoms with E-state index >= 15 is 0 Å². The molecule has 0 aliphatic heterocycles. The molecular weight excluding hydrogens is 290 g/mol. The molecule has 0 spiro atoms. The van der Waals surface area contributed by atoms with Gasteiger partial charge in [0.15, 0.2) is 5.16 Å². The van der Waals surface area contributed by atoms with Gasteiger partial charge in [0, 0.05) is 17.5 Å². The molecule has 21 heavy (non-hydrogen) atoms. The second kappa shape index (κ2) is 8.19. The molecule has 0 aromatic carbocycles. The first-order chi connectivity index (χ1) is 9.95. The predicted molar refractivity (Wildman–Crippen MR) is 83.7 cm³/mol. The first kappa shape index (κ1) is 17.7. The summed E-state index contributed by atoms with van der Waals surface area (Å²) in [6.45, 7) is 6.39. The fourth-order valence-corrected chi connectivity index (χ4v) is 2.95. The second-order valence-corrected chi connectivity index (χ2v) is 5.90. The molecule has 6 nitrogen and oxygen atoms in total. The number of methoxy groups -OCH3 is 1. The van der Waals surface area contributed by atoms with Gasteiger partial charge >= 0.3 is 5.97 Å². The summed E-state index contributed by atoms with van der Waals surface area (Å²) >= 11 is 1.34. The van der Waals surface area contributed by atoms with Crippen LogP contribution in [0.5, 0.6) is 0 Å². The highest BCUT2D eigenvalue weighted by molar-refractivity contribution is 7.99. The van der Waals surface area contributed by atoms with Crippen LogP contribution < -0.4 is 10.9 Å². The number of nitrogens with zero attached hydrogens (tertiary/aromatic N) is 1. The molecule has 1 atom stereocenters. The molecule has 1 unspecified atom stereocenters. The Morgan fingerprint density at radius 1 is 1.52 bits per heavy atom. The van der Waals surface area contributed by atoms with Gasteiger partial charge in [0.05, 0.1) is 7.11 Å². The molecule has 0 saturated heterocycles. The van der Waals surface area contributed by atoms with Crippen LogP contribution in [0.25, 0.3) is 0 Å². The van der Waals surface area contributed by atoms with Crippen molar-refractivity contribution in [3.63, 3.8) is 0 Å². The summed E-state index contributed by atoms with van der Waals surface area (Å²) in [5, 5.41) is 3.65. The van der Waals surface area contributed by atoms with Crippen molar-refractivity contribution in [3.8, 4) is 0 Å². The van der Waals surface area contributed by atoms with E-state index < -0.39 is 5.54 Å². The molecule has 0 bridgehead atoms. The number of hydrogen-bond acceptors (Lipinski definition) is 6. The lowest BCUT2D eigenvalue weighted by Gasteiger charge is -2.26. The Morgan fingerprint density at radius 3 is 2.81 bits per heavy atom. The molecule has 7 heteroatoms. The number of carbonyl (C=O) groups excluding carboxylic acids is 1. The van der Waals surface area contributed by atoms with E-state index in [1.54, 1.807) is 6.92 Å². The molecule has 0 aliphatic rings. The zero-order chi connectivity index (χ0) is 15.9. The van der Waals surface area contributed by atoms with E-state index in [9.17, 15) is 9.59 Å². The van der Waals surface area contributed by atoms with Gasteiger partial charge in [-0.05, 0) is 19.9 Å². The molecule has 0 amide bonds. The van der Waals surface area contributed by atoms with E-state index in [0.717, 1.165) is 18.5 Å². The Labute approximate surface area is 129 Å². The minimum atomic E-state index is -0.812. The summed E-state index contributed by atoms with van der Waals surface area (Å²) in [4.78, 5) is 30.6. The number of aromatic amines is 1. The third-order valence-electron chi connectivity index (χ3n) is 2.98. The molecule has 1 rings (SSSR count). The third-order valence-corrected chi connectivity index (χ3v) is 4.17. The highest BCUT2D eigenvalue weighted by Gasteiger charge is 2.33. The highest BCUT2D eigenvalue weighted by atomic mass is 32.2. The number of aromatic nitrogens is 2. The van der Waals surface area contributed by atoms with Gasteiger partial charge in [0.1, 0.15) is 5.54 Å². The van der Waals surface area contributed by atoms with Crippen molar-refractivity contribution in [1.29, 1.82) is 0 Å². The van der Waals surface area contributed by atoms with Gasteiger partial charge in [-0.25, -0.2) is 4.98 Å². The lowest BCUT2D eigenvalue weighted by atomic mass is 10.1. The van der Waals surface area contributed by atoms with Crippen molar-refractivity contribution in [2.75, 3.05) is 19.4 Å². The quantitative estimate of drug-likeness (QED) is 0.428. The Hall–Kier alpha value is -1.34. The topological polar surface area (TPSA) is 84.1 Å². The first-order valence-electron chi connectivity index (χ1n) is 7.01. The summed E-state index contributed by atoms with van der Waals surface area (Å²) < 4.78 is 4.84. The van der Waals surface area contributed by atoms with Crippen LogP contribution in [0.2, 0.25) is 0 Å². The maximum atomic E-state index is 11.9. The molecule has 1 heterocycles. The Bertz CT molecular complexity index is 532. The summed E-state index contributed by atoms with van der Waals surface area (Å²) in [5.74, 6) is 0.0929. The van der Waals surface area contributed by atoms with Gasteiger partial charge in [-0.15, -0.1) is 0 Å². The number of H-pyrrole nitrogens is 1. The average molecular weight is 313 g/mol. The molecule has 0 aliphatic carbocycles. The molecule has 0 saturated carbocycles. The molecule has 0 fully saturated rings. The number of ether oxygens (including phenoxy) is 1. The second-order valence-electron chi connectivity index (χ2n) is 4.93. The highest BCUT2D eigenvalue weighted by Crippen LogP contribution is 2.20. The fraction of sp³-hybridized carbons (Fsp3) is 0.643. The predicted octanol–water partition coefficient (Wildman–Crippen LogP) is 1.36. The van der Waals surface area contributed by atoms with Crippen molar-refractivity contribution < 1.29 is 9.53 Å². The van der Waals surface area contributed by atoms with Crippen molar-refractivity contribution in [2.45, 2.75) is 44.3 Å². The van der Waals surface area contributed by atoms with Gasteiger partial charge in [0.2, 0.25) is 0 Å². The number of thioether (sulfide) groups is 1. The van der Waals surface area contributed by atoms with E-state index in [-0.39, 0.29) is 11.5 Å². The van der Waals surface area contributed by atoms with Crippen molar-refractivity contribution >= 4 is 17.7 Å². The SMILES string of the molecule is CCCc1cc(=O)[nH]c(SCC(C)(NCC)C(=O)OC)n1. The molecule has 2 N–H and O–H groups in total. The number of rotatable bonds is 8. The van der Waals surface area contributed by atoms with Crippen LogP contribution in [0, 0.1) is 0 Å². The number of likely N-dealkylation sites (N-methyl/N-ethyl adjacent to an activating group) is 1. The molecule has 1 aromatic rings. The summed E-state index contributed by atoms with van der Waals surface area (Å²) in [7, 11) is 1.37. The maximum Gasteiger partial charge on any atom is 0.326 e. The van der Waals surface area contributed by atoms with E-state index in [1.165, 1.54) is 24.9 Å². The smallest absolute Gasteiger partial charge is 0.326 e. The van der Waals surface area contributed by atoms with Gasteiger partial charge < -0.3 is 15.0 Å². The van der Waals surface area contributed by atoms with Crippen molar-refractivity contribution in [3.05, 3.63) is 22.1 Å². The molecule has 1 aromatic heterocycles. The molecule has 0 radical (unpaired) electrons. The van der Waals surface area contributed by atoms with Crippen molar-refractivity contribution in [2.24, 2.45) is 0 Å². The van der Waals surface area contributed by atoms with E-state index in [1.807, 2.05) is 13.8 Å². The Kier molecular flexibility index (Phi) is 6.91. The van der Waals surface area contributed by atoms with Gasteiger partial charge in [-0.3, -0.25) is 9.59 Å². The Morgan fingerprint density at radius 2 is 2.24 bits per heavy atom. The van der Waals surface area contributed by atoms with Crippen LogP contribution >= 0.6 is 11.8 Å². The summed E-state index contributed by atoms with van der Waals surface area (Å²) in [6, 6.07) is 1.51. The Balaban J connectivity index is 2.85. The third kappa shape index (κ3) is 5.17. The summed E-state index contributed by atoms with van der Waals surface area (Å²) in [6.07, 6.45) is 1.69. The standard InChI is InChI=1S/C14H23N3O3S/c1-5-7-10-8-11(18)17-13(16-10)21-9-14(3,15-6-2)12(19)20-4/h8,15H,5-7,9H2,1-4H3,(H,16,17,18). The average Bonchev–Trinajstić information content (AvgIpc) is 2.44. The lowest BCUT2D eigenvalue weighted by Crippen LogP contribution is -2.52. The minimum absolute atomic E-state index is 0.167. The van der Waals surface area contributed by atoms with Crippen LogP contribution in [-0.4, -0.2) is 40.9 Å². The van der Waals surface area contributed by atoms with Crippen LogP contribution in [0.4, 0.5) is 0 Å². The molecule has 118 valence electrons. The van der Waals surface area contributed by atoms with E-state index in [0.29, 0.717) is 17.5 Å². The zero-order valence-electron chi connectivity index (χ0n) is 13.0.